The van der Waals surface area contributed by atoms with E-state index in [1.54, 1.807) is 6.07 Å². The van der Waals surface area contributed by atoms with E-state index in [1.807, 2.05) is 30.7 Å². The average molecular weight is 287 g/mol. The first-order chi connectivity index (χ1) is 9.99. The van der Waals surface area contributed by atoms with Crippen LogP contribution in [0.15, 0.2) is 36.7 Å². The maximum atomic E-state index is 12.1. The summed E-state index contributed by atoms with van der Waals surface area (Å²) in [5.41, 5.74) is 1.23. The van der Waals surface area contributed by atoms with Crippen molar-refractivity contribution >= 4 is 11.9 Å². The second-order valence-corrected chi connectivity index (χ2v) is 4.92. The first-order valence-electron chi connectivity index (χ1n) is 6.62. The monoisotopic (exact) mass is 287 g/mol. The van der Waals surface area contributed by atoms with Crippen molar-refractivity contribution in [1.29, 1.82) is 0 Å². The van der Waals surface area contributed by atoms with Gasteiger partial charge in [0, 0.05) is 18.4 Å². The van der Waals surface area contributed by atoms with Crippen LogP contribution in [0.5, 0.6) is 0 Å². The highest BCUT2D eigenvalue weighted by Gasteiger charge is 2.12. The lowest BCUT2D eigenvalue weighted by molar-refractivity contribution is 0.0696. The van der Waals surface area contributed by atoms with Crippen LogP contribution in [0, 0.1) is 0 Å². The van der Waals surface area contributed by atoms with Crippen molar-refractivity contribution in [3.8, 4) is 0 Å². The molecule has 0 aromatic carbocycles. The second-order valence-electron chi connectivity index (χ2n) is 4.92. The number of aromatic carboxylic acids is 1. The van der Waals surface area contributed by atoms with E-state index in [2.05, 4.69) is 10.3 Å². The lowest BCUT2D eigenvalue weighted by atomic mass is 10.2. The molecule has 110 valence electrons. The smallest absolute Gasteiger partial charge is 0.335 e. The van der Waals surface area contributed by atoms with Gasteiger partial charge < -0.3 is 15.0 Å². The molecule has 0 unspecified atom stereocenters. The van der Waals surface area contributed by atoms with Crippen LogP contribution < -0.4 is 5.32 Å². The fourth-order valence-electron chi connectivity index (χ4n) is 2.01. The predicted octanol–water partition coefficient (Wildman–Crippen LogP) is 2.09. The Balaban J connectivity index is 2.06. The largest absolute Gasteiger partial charge is 0.478 e. The van der Waals surface area contributed by atoms with Gasteiger partial charge in [0.05, 0.1) is 17.8 Å². The van der Waals surface area contributed by atoms with E-state index in [0.717, 1.165) is 0 Å². The molecule has 21 heavy (non-hydrogen) atoms. The van der Waals surface area contributed by atoms with Crippen molar-refractivity contribution in [1.82, 2.24) is 14.9 Å². The Hall–Kier alpha value is -2.63. The average Bonchev–Trinajstić information content (AvgIpc) is 2.94. The third-order valence-corrected chi connectivity index (χ3v) is 3.06. The number of rotatable bonds is 5. The number of pyridine rings is 1. The van der Waals surface area contributed by atoms with Crippen molar-refractivity contribution in [3.05, 3.63) is 53.6 Å². The van der Waals surface area contributed by atoms with E-state index in [9.17, 15) is 9.59 Å². The minimum atomic E-state index is -1.02. The molecule has 0 bridgehead atoms. The molecule has 2 aromatic rings. The fourth-order valence-corrected chi connectivity index (χ4v) is 2.01. The topological polar surface area (TPSA) is 84.2 Å². The molecule has 2 heterocycles. The van der Waals surface area contributed by atoms with Gasteiger partial charge in [0.1, 0.15) is 5.69 Å². The van der Waals surface area contributed by atoms with E-state index >= 15 is 0 Å². The highest BCUT2D eigenvalue weighted by Crippen LogP contribution is 2.11. The Morgan fingerprint density at radius 2 is 2.14 bits per heavy atom. The number of hydrogen-bond acceptors (Lipinski definition) is 3. The number of carboxylic acids is 1. The van der Waals surface area contributed by atoms with Crippen LogP contribution in [-0.4, -0.2) is 26.5 Å². The second kappa shape index (κ2) is 6.21. The standard InChI is InChI=1S/C15H17N3O3/c1-10(2)18-7-3-4-13(18)14(19)17-9-12-8-11(15(20)21)5-6-16-12/h3-8,10H,9H2,1-2H3,(H,17,19)(H,20,21). The maximum Gasteiger partial charge on any atom is 0.335 e. The molecular weight excluding hydrogens is 270 g/mol. The van der Waals surface area contributed by atoms with Gasteiger partial charge in [-0.15, -0.1) is 0 Å². The minimum absolute atomic E-state index is 0.153. The molecule has 1 amide bonds. The molecule has 0 atom stereocenters. The summed E-state index contributed by atoms with van der Waals surface area (Å²) in [5, 5.41) is 11.7. The fraction of sp³-hybridized carbons (Fsp3) is 0.267. The summed E-state index contributed by atoms with van der Waals surface area (Å²) in [5.74, 6) is -1.23. The molecule has 2 rings (SSSR count). The van der Waals surface area contributed by atoms with Crippen molar-refractivity contribution < 1.29 is 14.7 Å². The number of hydrogen-bond donors (Lipinski definition) is 2. The van der Waals surface area contributed by atoms with Crippen LogP contribution in [-0.2, 0) is 6.54 Å². The highest BCUT2D eigenvalue weighted by atomic mass is 16.4. The molecule has 0 saturated heterocycles. The van der Waals surface area contributed by atoms with E-state index in [1.165, 1.54) is 18.3 Å². The Morgan fingerprint density at radius 3 is 2.81 bits per heavy atom. The van der Waals surface area contributed by atoms with Crippen LogP contribution in [0.4, 0.5) is 0 Å². The number of carboxylic acid groups (broad SMARTS) is 1. The zero-order chi connectivity index (χ0) is 15.4. The summed E-state index contributed by atoms with van der Waals surface area (Å²) in [6.45, 7) is 4.17. The van der Waals surface area contributed by atoms with Crippen LogP contribution in [0.25, 0.3) is 0 Å². The number of aromatic nitrogens is 2. The molecule has 0 aliphatic carbocycles. The van der Waals surface area contributed by atoms with Gasteiger partial charge in [-0.25, -0.2) is 4.79 Å². The molecule has 0 saturated carbocycles. The van der Waals surface area contributed by atoms with E-state index in [0.29, 0.717) is 11.4 Å². The van der Waals surface area contributed by atoms with E-state index in [-0.39, 0.29) is 24.1 Å². The van der Waals surface area contributed by atoms with Gasteiger partial charge in [-0.1, -0.05) is 0 Å². The molecule has 6 nitrogen and oxygen atoms in total. The summed E-state index contributed by atoms with van der Waals surface area (Å²) in [6, 6.07) is 6.62. The van der Waals surface area contributed by atoms with Gasteiger partial charge in [-0.05, 0) is 38.1 Å². The zero-order valence-electron chi connectivity index (χ0n) is 11.9. The van der Waals surface area contributed by atoms with Crippen molar-refractivity contribution in [2.24, 2.45) is 0 Å². The summed E-state index contributed by atoms with van der Waals surface area (Å²) < 4.78 is 1.87. The first kappa shape index (κ1) is 14.8. The van der Waals surface area contributed by atoms with Gasteiger partial charge >= 0.3 is 5.97 Å². The molecule has 2 N–H and O–H groups in total. The SMILES string of the molecule is CC(C)n1cccc1C(=O)NCc1cc(C(=O)O)ccn1. The molecule has 2 aromatic heterocycles. The Morgan fingerprint density at radius 1 is 1.38 bits per heavy atom. The van der Waals surface area contributed by atoms with Gasteiger partial charge in [0.2, 0.25) is 0 Å². The van der Waals surface area contributed by atoms with Gasteiger partial charge in [-0.2, -0.15) is 0 Å². The van der Waals surface area contributed by atoms with Crippen molar-refractivity contribution in [2.75, 3.05) is 0 Å². The Labute approximate surface area is 122 Å². The molecule has 0 spiro atoms. The van der Waals surface area contributed by atoms with Crippen LogP contribution in [0.1, 0.15) is 46.4 Å². The molecule has 0 radical (unpaired) electrons. The first-order valence-corrected chi connectivity index (χ1v) is 6.62. The van der Waals surface area contributed by atoms with E-state index in [4.69, 9.17) is 5.11 Å². The molecular formula is C15H17N3O3. The number of nitrogens with zero attached hydrogens (tertiary/aromatic N) is 2. The highest BCUT2D eigenvalue weighted by molar-refractivity contribution is 5.92. The molecule has 0 fully saturated rings. The summed E-state index contributed by atoms with van der Waals surface area (Å²) in [7, 11) is 0. The number of carbonyl (C=O) groups is 2. The number of nitrogens with one attached hydrogen (secondary N) is 1. The summed E-state index contributed by atoms with van der Waals surface area (Å²) >= 11 is 0. The Kier molecular flexibility index (Phi) is 4.37. The normalized spacial score (nSPS) is 10.6. The van der Waals surface area contributed by atoms with E-state index < -0.39 is 5.97 Å². The number of carbonyl (C=O) groups excluding carboxylic acids is 1. The molecule has 0 aliphatic heterocycles. The Bertz CT molecular complexity index is 662. The lowest BCUT2D eigenvalue weighted by Crippen LogP contribution is -2.26. The minimum Gasteiger partial charge on any atom is -0.478 e. The molecule has 0 aliphatic rings. The van der Waals surface area contributed by atoms with Gasteiger partial charge in [0.15, 0.2) is 0 Å². The van der Waals surface area contributed by atoms with Crippen LogP contribution in [0.2, 0.25) is 0 Å². The third-order valence-electron chi connectivity index (χ3n) is 3.06. The zero-order valence-corrected chi connectivity index (χ0v) is 11.9. The van der Waals surface area contributed by atoms with Crippen LogP contribution in [0.3, 0.4) is 0 Å². The van der Waals surface area contributed by atoms with Crippen LogP contribution >= 0.6 is 0 Å². The predicted molar refractivity (Wildman–Crippen MR) is 77.2 cm³/mol. The third kappa shape index (κ3) is 3.47. The summed E-state index contributed by atoms with van der Waals surface area (Å²) in [6.07, 6.45) is 3.27. The quantitative estimate of drug-likeness (QED) is 0.882. The van der Waals surface area contributed by atoms with Crippen molar-refractivity contribution in [3.63, 3.8) is 0 Å². The molecule has 6 heteroatoms. The van der Waals surface area contributed by atoms with Crippen molar-refractivity contribution in [2.45, 2.75) is 26.4 Å². The summed E-state index contributed by atoms with van der Waals surface area (Å²) in [4.78, 5) is 27.1. The number of amides is 1. The lowest BCUT2D eigenvalue weighted by Gasteiger charge is -2.12. The van der Waals surface area contributed by atoms with Gasteiger partial charge in [-0.3, -0.25) is 9.78 Å². The maximum absolute atomic E-state index is 12.1. The van der Waals surface area contributed by atoms with Gasteiger partial charge in [0.25, 0.3) is 5.91 Å².